The molecule has 1 aromatic heterocycles. The quantitative estimate of drug-likeness (QED) is 0.769. The van der Waals surface area contributed by atoms with Crippen LogP contribution in [0.3, 0.4) is 0 Å². The van der Waals surface area contributed by atoms with Crippen LogP contribution in [0.25, 0.3) is 0 Å². The van der Waals surface area contributed by atoms with Gasteiger partial charge in [-0.15, -0.1) is 0 Å². The molecule has 2 aliphatic rings. The molecule has 8 heteroatoms. The summed E-state index contributed by atoms with van der Waals surface area (Å²) >= 11 is 0. The standard InChI is InChI=1S/C13H16FN5O2/c1-18(2)10-8(14)6-15-12(17-10)19-4-3-13(7-19)5-9(20)16-11(13)21/h6H,3-5,7H2,1-2H3,(H,16,20,21)/t13-/m1/s1. The maximum Gasteiger partial charge on any atom is 0.235 e. The molecule has 1 atom stereocenters. The molecule has 112 valence electrons. The third-order valence-electron chi connectivity index (χ3n) is 4.01. The van der Waals surface area contributed by atoms with Crippen LogP contribution >= 0.6 is 0 Å². The molecule has 2 fully saturated rings. The first-order valence-corrected chi connectivity index (χ1v) is 6.70. The van der Waals surface area contributed by atoms with Crippen molar-refractivity contribution in [1.82, 2.24) is 15.3 Å². The van der Waals surface area contributed by atoms with E-state index in [2.05, 4.69) is 15.3 Å². The second kappa shape index (κ2) is 4.64. The van der Waals surface area contributed by atoms with Gasteiger partial charge >= 0.3 is 0 Å². The maximum atomic E-state index is 13.6. The summed E-state index contributed by atoms with van der Waals surface area (Å²) in [5.41, 5.74) is -0.687. The first-order valence-electron chi connectivity index (χ1n) is 6.70. The molecule has 0 radical (unpaired) electrons. The molecule has 2 saturated heterocycles. The smallest absolute Gasteiger partial charge is 0.235 e. The average molecular weight is 293 g/mol. The number of imide groups is 1. The number of rotatable bonds is 2. The van der Waals surface area contributed by atoms with E-state index in [0.717, 1.165) is 6.20 Å². The Bertz CT molecular complexity index is 621. The van der Waals surface area contributed by atoms with E-state index in [1.165, 1.54) is 0 Å². The molecule has 3 heterocycles. The van der Waals surface area contributed by atoms with E-state index in [1.54, 1.807) is 19.0 Å². The van der Waals surface area contributed by atoms with E-state index in [4.69, 9.17) is 0 Å². The Kier molecular flexibility index (Phi) is 3.03. The second-order valence-electron chi connectivity index (χ2n) is 5.74. The van der Waals surface area contributed by atoms with Gasteiger partial charge in [-0.3, -0.25) is 14.9 Å². The van der Waals surface area contributed by atoms with Crippen LogP contribution in [0.2, 0.25) is 0 Å². The van der Waals surface area contributed by atoms with E-state index in [-0.39, 0.29) is 24.1 Å². The lowest BCUT2D eigenvalue weighted by molar-refractivity contribution is -0.127. The molecule has 0 bridgehead atoms. The van der Waals surface area contributed by atoms with E-state index in [0.29, 0.717) is 25.5 Å². The Morgan fingerprint density at radius 2 is 2.19 bits per heavy atom. The molecule has 0 unspecified atom stereocenters. The Morgan fingerprint density at radius 1 is 1.43 bits per heavy atom. The third-order valence-corrected chi connectivity index (χ3v) is 4.01. The summed E-state index contributed by atoms with van der Waals surface area (Å²) in [7, 11) is 3.40. The first kappa shape index (κ1) is 13.7. The Labute approximate surface area is 121 Å². The highest BCUT2D eigenvalue weighted by atomic mass is 19.1. The zero-order chi connectivity index (χ0) is 15.2. The van der Waals surface area contributed by atoms with Gasteiger partial charge in [0.05, 0.1) is 11.6 Å². The van der Waals surface area contributed by atoms with Crippen molar-refractivity contribution >= 4 is 23.6 Å². The molecule has 0 aliphatic carbocycles. The van der Waals surface area contributed by atoms with Crippen molar-refractivity contribution in [2.75, 3.05) is 37.0 Å². The van der Waals surface area contributed by atoms with Gasteiger partial charge in [-0.05, 0) is 6.42 Å². The number of halogens is 1. The predicted octanol–water partition coefficient (Wildman–Crippen LogP) is -0.0753. The fraction of sp³-hybridized carbons (Fsp3) is 0.538. The van der Waals surface area contributed by atoms with Crippen LogP contribution in [0.4, 0.5) is 16.2 Å². The minimum absolute atomic E-state index is 0.198. The number of nitrogens with one attached hydrogen (secondary N) is 1. The number of hydrogen-bond donors (Lipinski definition) is 1. The fourth-order valence-corrected chi connectivity index (χ4v) is 2.88. The molecule has 0 aromatic carbocycles. The summed E-state index contributed by atoms with van der Waals surface area (Å²) in [6.07, 6.45) is 1.90. The topological polar surface area (TPSA) is 78.4 Å². The Morgan fingerprint density at radius 3 is 2.81 bits per heavy atom. The molecule has 2 amide bonds. The SMILES string of the molecule is CN(C)c1nc(N2CC[C@@]3(CC(=O)NC3=O)C2)ncc1F. The van der Waals surface area contributed by atoms with Crippen LogP contribution in [0.5, 0.6) is 0 Å². The molecule has 1 aromatic rings. The van der Waals surface area contributed by atoms with E-state index >= 15 is 0 Å². The van der Waals surface area contributed by atoms with Gasteiger partial charge in [0.15, 0.2) is 11.6 Å². The number of carbonyl (C=O) groups is 2. The number of nitrogens with zero attached hydrogens (tertiary/aromatic N) is 4. The highest BCUT2D eigenvalue weighted by Gasteiger charge is 2.51. The number of anilines is 2. The van der Waals surface area contributed by atoms with Gasteiger partial charge in [0.1, 0.15) is 0 Å². The molecule has 1 N–H and O–H groups in total. The summed E-state index contributed by atoms with van der Waals surface area (Å²) in [5.74, 6) is -0.385. The summed E-state index contributed by atoms with van der Waals surface area (Å²) in [6.45, 7) is 0.947. The number of carbonyl (C=O) groups excluding carboxylic acids is 2. The fourth-order valence-electron chi connectivity index (χ4n) is 2.88. The van der Waals surface area contributed by atoms with Gasteiger partial charge in [-0.2, -0.15) is 4.98 Å². The van der Waals surface area contributed by atoms with Gasteiger partial charge in [0, 0.05) is 33.6 Å². The highest BCUT2D eigenvalue weighted by Crippen LogP contribution is 2.38. The van der Waals surface area contributed by atoms with Crippen molar-refractivity contribution in [3.05, 3.63) is 12.0 Å². The van der Waals surface area contributed by atoms with Crippen molar-refractivity contribution in [3.63, 3.8) is 0 Å². The third kappa shape index (κ3) is 2.20. The lowest BCUT2D eigenvalue weighted by atomic mass is 9.85. The molecule has 2 aliphatic heterocycles. The van der Waals surface area contributed by atoms with Gasteiger partial charge in [-0.1, -0.05) is 0 Å². The maximum absolute atomic E-state index is 13.6. The summed E-state index contributed by atoms with van der Waals surface area (Å²) in [5, 5.41) is 2.35. The second-order valence-corrected chi connectivity index (χ2v) is 5.74. The van der Waals surface area contributed by atoms with Crippen molar-refractivity contribution in [2.24, 2.45) is 5.41 Å². The lowest BCUT2D eigenvalue weighted by Gasteiger charge is -2.21. The lowest BCUT2D eigenvalue weighted by Crippen LogP contribution is -2.35. The molecule has 0 saturated carbocycles. The Balaban J connectivity index is 1.85. The molecular weight excluding hydrogens is 277 g/mol. The van der Waals surface area contributed by atoms with Crippen LogP contribution in [0, 0.1) is 11.2 Å². The molecular formula is C13H16FN5O2. The molecule has 1 spiro atoms. The zero-order valence-electron chi connectivity index (χ0n) is 11.9. The molecule has 21 heavy (non-hydrogen) atoms. The normalized spacial score (nSPS) is 24.8. The summed E-state index contributed by atoms with van der Waals surface area (Å²) in [4.78, 5) is 34.9. The van der Waals surface area contributed by atoms with Gasteiger partial charge < -0.3 is 9.80 Å². The van der Waals surface area contributed by atoms with Crippen molar-refractivity contribution in [3.8, 4) is 0 Å². The predicted molar refractivity (Wildman–Crippen MR) is 73.3 cm³/mol. The monoisotopic (exact) mass is 293 g/mol. The van der Waals surface area contributed by atoms with Crippen LogP contribution < -0.4 is 15.1 Å². The number of hydrogen-bond acceptors (Lipinski definition) is 6. The number of amides is 2. The van der Waals surface area contributed by atoms with Crippen LogP contribution in [0.1, 0.15) is 12.8 Å². The van der Waals surface area contributed by atoms with E-state index in [1.807, 2.05) is 4.90 Å². The largest absolute Gasteiger partial charge is 0.360 e. The molecule has 7 nitrogen and oxygen atoms in total. The van der Waals surface area contributed by atoms with E-state index in [9.17, 15) is 14.0 Å². The van der Waals surface area contributed by atoms with Gasteiger partial charge in [0.2, 0.25) is 17.8 Å². The van der Waals surface area contributed by atoms with Crippen molar-refractivity contribution in [1.29, 1.82) is 0 Å². The zero-order valence-corrected chi connectivity index (χ0v) is 11.9. The van der Waals surface area contributed by atoms with Crippen molar-refractivity contribution < 1.29 is 14.0 Å². The van der Waals surface area contributed by atoms with Gasteiger partial charge in [-0.25, -0.2) is 9.37 Å². The van der Waals surface area contributed by atoms with Crippen LogP contribution in [0.15, 0.2) is 6.20 Å². The summed E-state index contributed by atoms with van der Waals surface area (Å²) < 4.78 is 13.6. The average Bonchev–Trinajstić information content (AvgIpc) is 2.95. The minimum atomic E-state index is -0.687. The van der Waals surface area contributed by atoms with E-state index < -0.39 is 11.2 Å². The van der Waals surface area contributed by atoms with Crippen LogP contribution in [-0.4, -0.2) is 49.0 Å². The number of aromatic nitrogens is 2. The highest BCUT2D eigenvalue weighted by molar-refractivity contribution is 6.06. The summed E-state index contributed by atoms with van der Waals surface area (Å²) in [6, 6.07) is 0. The van der Waals surface area contributed by atoms with Crippen molar-refractivity contribution in [2.45, 2.75) is 12.8 Å². The first-order chi connectivity index (χ1) is 9.91. The Hall–Kier alpha value is -2.25. The minimum Gasteiger partial charge on any atom is -0.360 e. The molecule has 3 rings (SSSR count). The van der Waals surface area contributed by atoms with Gasteiger partial charge in [0.25, 0.3) is 0 Å². The van der Waals surface area contributed by atoms with Crippen LogP contribution in [-0.2, 0) is 9.59 Å².